The number of nitrogens with zero attached hydrogens (tertiary/aromatic N) is 3. The largest absolute Gasteiger partial charge is 0.440 e. The van der Waals surface area contributed by atoms with Gasteiger partial charge in [-0.3, -0.25) is 9.69 Å². The third-order valence-corrected chi connectivity index (χ3v) is 6.28. The van der Waals surface area contributed by atoms with Gasteiger partial charge in [-0.05, 0) is 43.5 Å². The summed E-state index contributed by atoms with van der Waals surface area (Å²) >= 11 is 5.75. The third kappa shape index (κ3) is 2.96. The van der Waals surface area contributed by atoms with Crippen molar-refractivity contribution in [3.05, 3.63) is 34.8 Å². The predicted octanol–water partition coefficient (Wildman–Crippen LogP) is 2.03. The summed E-state index contributed by atoms with van der Waals surface area (Å²) in [5, 5.41) is 7.06. The highest BCUT2D eigenvalue weighted by Gasteiger charge is 2.62. The number of ether oxygens (including phenoxy) is 1. The highest BCUT2D eigenvalue weighted by atomic mass is 35.5. The number of likely N-dealkylation sites (tertiary alicyclic amines) is 1. The van der Waals surface area contributed by atoms with Gasteiger partial charge >= 0.3 is 0 Å². The number of aryl methyl sites for hydroxylation is 1. The number of carbonyl (C=O) groups is 1. The van der Waals surface area contributed by atoms with E-state index in [1.54, 1.807) is 12.1 Å². The van der Waals surface area contributed by atoms with Crippen LogP contribution < -0.4 is 5.32 Å². The van der Waals surface area contributed by atoms with E-state index in [0.717, 1.165) is 25.9 Å². The van der Waals surface area contributed by atoms with E-state index in [4.69, 9.17) is 25.3 Å². The molecule has 27 heavy (non-hydrogen) atoms. The molecule has 8 nitrogen and oxygen atoms in total. The number of halogens is 1. The van der Waals surface area contributed by atoms with Gasteiger partial charge in [0.25, 0.3) is 5.91 Å². The number of furan rings is 1. The van der Waals surface area contributed by atoms with E-state index in [1.807, 2.05) is 6.92 Å². The van der Waals surface area contributed by atoms with Crippen molar-refractivity contribution in [1.82, 2.24) is 20.4 Å². The van der Waals surface area contributed by atoms with Crippen molar-refractivity contribution in [3.63, 3.8) is 0 Å². The Kier molecular flexibility index (Phi) is 4.03. The summed E-state index contributed by atoms with van der Waals surface area (Å²) in [7, 11) is 0. The Morgan fingerprint density at radius 3 is 3.11 bits per heavy atom. The lowest BCUT2D eigenvalue weighted by Gasteiger charge is -2.29. The Morgan fingerprint density at radius 1 is 1.48 bits per heavy atom. The van der Waals surface area contributed by atoms with Crippen LogP contribution in [0.15, 0.2) is 21.1 Å². The van der Waals surface area contributed by atoms with Crippen LogP contribution in [0.4, 0.5) is 0 Å². The molecule has 2 aromatic rings. The van der Waals surface area contributed by atoms with Crippen molar-refractivity contribution in [2.45, 2.75) is 38.0 Å². The summed E-state index contributed by atoms with van der Waals surface area (Å²) in [6.07, 6.45) is 2.32. The van der Waals surface area contributed by atoms with Crippen LogP contribution in [0.2, 0.25) is 5.22 Å². The zero-order valence-corrected chi connectivity index (χ0v) is 15.7. The van der Waals surface area contributed by atoms with Crippen LogP contribution >= 0.6 is 11.6 Å². The van der Waals surface area contributed by atoms with Gasteiger partial charge in [-0.1, -0.05) is 5.16 Å². The molecule has 2 bridgehead atoms. The van der Waals surface area contributed by atoms with Gasteiger partial charge in [0.15, 0.2) is 16.8 Å². The van der Waals surface area contributed by atoms with Crippen molar-refractivity contribution in [2.75, 3.05) is 19.6 Å². The van der Waals surface area contributed by atoms with Gasteiger partial charge in [0.1, 0.15) is 0 Å². The number of aromatic nitrogens is 2. The standard InChI is InChI=1S/C18H21ClN4O4/c1-10-21-16(27-22-10)8-23-7-12-11(13-4-5-18(12,9-23)26-13)6-20-17(24)14-2-3-15(19)25-14/h2-3,11-13H,4-9H2,1H3,(H,20,24)/t11-,12+,13+,18+/m0/s1. The molecule has 9 heteroatoms. The fourth-order valence-corrected chi connectivity index (χ4v) is 5.16. The Bertz CT molecular complexity index is 867. The number of hydrogen-bond acceptors (Lipinski definition) is 7. The van der Waals surface area contributed by atoms with Crippen LogP contribution in [0.1, 0.15) is 35.1 Å². The summed E-state index contributed by atoms with van der Waals surface area (Å²) in [5.41, 5.74) is -0.108. The summed E-state index contributed by atoms with van der Waals surface area (Å²) in [6.45, 7) is 4.80. The summed E-state index contributed by atoms with van der Waals surface area (Å²) in [4.78, 5) is 18.9. The van der Waals surface area contributed by atoms with Gasteiger partial charge in [0.05, 0.1) is 18.2 Å². The fraction of sp³-hybridized carbons (Fsp3) is 0.611. The molecular formula is C18H21ClN4O4. The summed E-state index contributed by atoms with van der Waals surface area (Å²) < 4.78 is 16.9. The molecule has 0 aromatic carbocycles. The Morgan fingerprint density at radius 2 is 2.37 bits per heavy atom. The maximum absolute atomic E-state index is 12.3. The lowest BCUT2D eigenvalue weighted by atomic mass is 9.73. The van der Waals surface area contributed by atoms with Crippen LogP contribution in [0, 0.1) is 18.8 Å². The highest BCUT2D eigenvalue weighted by Crippen LogP contribution is 2.54. The molecule has 3 aliphatic rings. The number of rotatable bonds is 5. The maximum Gasteiger partial charge on any atom is 0.287 e. The van der Waals surface area contributed by atoms with E-state index in [2.05, 4.69) is 20.4 Å². The van der Waals surface area contributed by atoms with E-state index < -0.39 is 0 Å². The van der Waals surface area contributed by atoms with E-state index in [-0.39, 0.29) is 28.6 Å². The summed E-state index contributed by atoms with van der Waals surface area (Å²) in [6, 6.07) is 3.15. The second kappa shape index (κ2) is 6.32. The molecule has 0 saturated carbocycles. The fourth-order valence-electron chi connectivity index (χ4n) is 5.01. The average molecular weight is 393 g/mol. The number of nitrogens with one attached hydrogen (secondary N) is 1. The molecule has 2 aromatic heterocycles. The SMILES string of the molecule is Cc1noc(CN2C[C@@H]3[C@H](CNC(=O)c4ccc(Cl)o4)[C@H]4CC[C@]3(C2)O4)n1. The highest BCUT2D eigenvalue weighted by molar-refractivity contribution is 6.29. The second-order valence-electron chi connectivity index (χ2n) is 7.75. The van der Waals surface area contributed by atoms with Crippen molar-refractivity contribution in [2.24, 2.45) is 11.8 Å². The van der Waals surface area contributed by atoms with E-state index in [9.17, 15) is 4.79 Å². The number of hydrogen-bond donors (Lipinski definition) is 1. The minimum absolute atomic E-state index is 0.108. The summed E-state index contributed by atoms with van der Waals surface area (Å²) in [5.74, 6) is 1.97. The molecule has 1 N–H and O–H groups in total. The topological polar surface area (TPSA) is 93.6 Å². The van der Waals surface area contributed by atoms with E-state index >= 15 is 0 Å². The number of fused-ring (bicyclic) bond motifs is 1. The van der Waals surface area contributed by atoms with Gasteiger partial charge in [-0.15, -0.1) is 0 Å². The first-order valence-electron chi connectivity index (χ1n) is 9.25. The minimum atomic E-state index is -0.241. The molecule has 3 aliphatic heterocycles. The molecule has 3 fully saturated rings. The van der Waals surface area contributed by atoms with Crippen molar-refractivity contribution in [1.29, 1.82) is 0 Å². The minimum Gasteiger partial charge on any atom is -0.440 e. The lowest BCUT2D eigenvalue weighted by Crippen LogP contribution is -2.41. The van der Waals surface area contributed by atoms with Crippen LogP contribution in [-0.4, -0.2) is 52.3 Å². The third-order valence-electron chi connectivity index (χ3n) is 6.08. The van der Waals surface area contributed by atoms with Crippen molar-refractivity contribution < 1.29 is 18.5 Å². The molecule has 1 spiro atoms. The van der Waals surface area contributed by atoms with Crippen molar-refractivity contribution >= 4 is 17.5 Å². The zero-order valence-electron chi connectivity index (χ0n) is 15.0. The smallest absolute Gasteiger partial charge is 0.287 e. The van der Waals surface area contributed by atoms with Crippen LogP contribution in [0.3, 0.4) is 0 Å². The second-order valence-corrected chi connectivity index (χ2v) is 8.12. The Labute approximate surface area is 161 Å². The predicted molar refractivity (Wildman–Crippen MR) is 94.2 cm³/mol. The average Bonchev–Trinajstić information content (AvgIpc) is 3.41. The molecule has 0 radical (unpaired) electrons. The molecule has 1 amide bonds. The van der Waals surface area contributed by atoms with Gasteiger partial charge in [-0.2, -0.15) is 4.98 Å². The first kappa shape index (κ1) is 17.2. The van der Waals surface area contributed by atoms with Crippen molar-refractivity contribution in [3.8, 4) is 0 Å². The maximum atomic E-state index is 12.3. The number of amides is 1. The monoisotopic (exact) mass is 392 g/mol. The quantitative estimate of drug-likeness (QED) is 0.831. The van der Waals surface area contributed by atoms with Gasteiger partial charge in [0.2, 0.25) is 5.89 Å². The zero-order chi connectivity index (χ0) is 18.6. The van der Waals surface area contributed by atoms with E-state index in [1.165, 1.54) is 0 Å². The molecular weight excluding hydrogens is 372 g/mol. The Balaban J connectivity index is 1.24. The van der Waals surface area contributed by atoms with E-state index in [0.29, 0.717) is 36.6 Å². The van der Waals surface area contributed by atoms with Crippen LogP contribution in [-0.2, 0) is 11.3 Å². The molecule has 0 aliphatic carbocycles. The molecule has 3 saturated heterocycles. The van der Waals surface area contributed by atoms with Crippen LogP contribution in [0.25, 0.3) is 0 Å². The first-order valence-corrected chi connectivity index (χ1v) is 9.63. The molecule has 144 valence electrons. The Hall–Kier alpha value is -1.90. The molecule has 5 heterocycles. The molecule has 4 atom stereocenters. The van der Waals surface area contributed by atoms with Gasteiger partial charge < -0.3 is 19.0 Å². The lowest BCUT2D eigenvalue weighted by molar-refractivity contribution is 0.00142. The molecule has 5 rings (SSSR count). The molecule has 0 unspecified atom stereocenters. The van der Waals surface area contributed by atoms with Crippen LogP contribution in [0.5, 0.6) is 0 Å². The first-order chi connectivity index (χ1) is 13.0. The normalized spacial score (nSPS) is 32.1. The van der Waals surface area contributed by atoms with Gasteiger partial charge in [0, 0.05) is 31.5 Å². The number of carbonyl (C=O) groups excluding carboxylic acids is 1. The van der Waals surface area contributed by atoms with Gasteiger partial charge in [-0.25, -0.2) is 0 Å².